The number of nitriles is 1. The number of benzene rings is 3. The molecule has 3 aromatic carbocycles. The highest BCUT2D eigenvalue weighted by Crippen LogP contribution is 2.37. The highest BCUT2D eigenvalue weighted by atomic mass is 35.5. The normalized spacial score (nSPS) is 11.0. The van der Waals surface area contributed by atoms with E-state index in [0.717, 1.165) is 0 Å². The van der Waals surface area contributed by atoms with Gasteiger partial charge in [-0.15, -0.1) is 0 Å². The van der Waals surface area contributed by atoms with Gasteiger partial charge in [-0.2, -0.15) is 5.26 Å². The van der Waals surface area contributed by atoms with E-state index in [1.54, 1.807) is 24.3 Å². The van der Waals surface area contributed by atoms with Crippen molar-refractivity contribution in [3.63, 3.8) is 0 Å². The lowest BCUT2D eigenvalue weighted by Crippen LogP contribution is -2.13. The SMILES string of the molecule is COc1cc(/C=C(\C#N)C(=O)Nc2ccc(Cl)c(Cl)c2)cc(Cl)c1OCc1cccc(F)c1. The van der Waals surface area contributed by atoms with E-state index in [4.69, 9.17) is 44.3 Å². The van der Waals surface area contributed by atoms with E-state index in [0.29, 0.717) is 21.8 Å². The predicted octanol–water partition coefficient (Wildman–Crippen LogP) is 6.92. The van der Waals surface area contributed by atoms with Crippen molar-refractivity contribution in [3.8, 4) is 17.6 Å². The van der Waals surface area contributed by atoms with Gasteiger partial charge in [-0.3, -0.25) is 4.79 Å². The molecule has 0 aliphatic heterocycles. The molecule has 9 heteroatoms. The van der Waals surface area contributed by atoms with Crippen LogP contribution in [0.25, 0.3) is 6.08 Å². The molecule has 3 aromatic rings. The van der Waals surface area contributed by atoms with Crippen molar-refractivity contribution >= 4 is 52.5 Å². The van der Waals surface area contributed by atoms with Crippen LogP contribution < -0.4 is 14.8 Å². The molecule has 0 saturated carbocycles. The lowest BCUT2D eigenvalue weighted by Gasteiger charge is -2.14. The Balaban J connectivity index is 1.82. The Bertz CT molecular complexity index is 1270. The van der Waals surface area contributed by atoms with Gasteiger partial charge >= 0.3 is 0 Å². The number of anilines is 1. The van der Waals surface area contributed by atoms with E-state index < -0.39 is 5.91 Å². The molecule has 0 aromatic heterocycles. The van der Waals surface area contributed by atoms with E-state index in [-0.39, 0.29) is 39.5 Å². The summed E-state index contributed by atoms with van der Waals surface area (Å²) in [5.41, 5.74) is 1.26. The second-order valence-electron chi connectivity index (χ2n) is 6.71. The average molecular weight is 506 g/mol. The van der Waals surface area contributed by atoms with Gasteiger partial charge in [-0.1, -0.05) is 46.9 Å². The summed E-state index contributed by atoms with van der Waals surface area (Å²) in [5, 5.41) is 12.9. The van der Waals surface area contributed by atoms with Crippen molar-refractivity contribution in [2.45, 2.75) is 6.61 Å². The number of hydrogen-bond donors (Lipinski definition) is 1. The van der Waals surface area contributed by atoms with E-state index >= 15 is 0 Å². The molecule has 0 atom stereocenters. The first-order valence-electron chi connectivity index (χ1n) is 9.43. The summed E-state index contributed by atoms with van der Waals surface area (Å²) in [5.74, 6) is -0.484. The Hall–Kier alpha value is -3.24. The summed E-state index contributed by atoms with van der Waals surface area (Å²) in [7, 11) is 1.43. The highest BCUT2D eigenvalue weighted by Gasteiger charge is 2.15. The molecule has 0 aliphatic rings. The van der Waals surface area contributed by atoms with E-state index in [2.05, 4.69) is 5.32 Å². The van der Waals surface area contributed by atoms with Gasteiger partial charge in [0.1, 0.15) is 24.1 Å². The Labute approximate surface area is 204 Å². The van der Waals surface area contributed by atoms with Gasteiger partial charge < -0.3 is 14.8 Å². The molecule has 0 saturated heterocycles. The minimum Gasteiger partial charge on any atom is -0.493 e. The Morgan fingerprint density at radius 1 is 1.09 bits per heavy atom. The molecule has 0 bridgehead atoms. The fraction of sp³-hybridized carbons (Fsp3) is 0.0833. The van der Waals surface area contributed by atoms with Crippen LogP contribution >= 0.6 is 34.8 Å². The molecular formula is C24H16Cl3FN2O3. The molecule has 5 nitrogen and oxygen atoms in total. The lowest BCUT2D eigenvalue weighted by atomic mass is 10.1. The first-order chi connectivity index (χ1) is 15.8. The average Bonchev–Trinajstić information content (AvgIpc) is 2.78. The first-order valence-corrected chi connectivity index (χ1v) is 10.6. The smallest absolute Gasteiger partial charge is 0.266 e. The van der Waals surface area contributed by atoms with Crippen molar-refractivity contribution in [1.29, 1.82) is 5.26 Å². The second-order valence-corrected chi connectivity index (χ2v) is 7.93. The van der Waals surface area contributed by atoms with Crippen molar-refractivity contribution in [2.24, 2.45) is 0 Å². The Morgan fingerprint density at radius 3 is 2.55 bits per heavy atom. The van der Waals surface area contributed by atoms with Crippen LogP contribution in [0.3, 0.4) is 0 Å². The number of rotatable bonds is 7. The van der Waals surface area contributed by atoms with E-state index in [1.165, 1.54) is 43.5 Å². The topological polar surface area (TPSA) is 71.3 Å². The summed E-state index contributed by atoms with van der Waals surface area (Å²) in [6, 6.07) is 15.5. The maximum atomic E-state index is 13.4. The molecule has 1 amide bonds. The largest absolute Gasteiger partial charge is 0.493 e. The van der Waals surface area contributed by atoms with Crippen LogP contribution in [-0.4, -0.2) is 13.0 Å². The third-order valence-corrected chi connectivity index (χ3v) is 5.40. The van der Waals surface area contributed by atoms with E-state index in [1.807, 2.05) is 6.07 Å². The van der Waals surface area contributed by atoms with Gasteiger partial charge in [0.15, 0.2) is 11.5 Å². The number of amides is 1. The Morgan fingerprint density at radius 2 is 1.88 bits per heavy atom. The van der Waals surface area contributed by atoms with Gasteiger partial charge in [0.25, 0.3) is 5.91 Å². The highest BCUT2D eigenvalue weighted by molar-refractivity contribution is 6.42. The standard InChI is InChI=1S/C24H16Cl3FN2O3/c1-32-22-10-15(9-21(27)23(22)33-13-14-3-2-4-17(28)8-14)7-16(12-29)24(31)30-18-5-6-19(25)20(26)11-18/h2-11H,13H2,1H3,(H,30,31)/b16-7+. The van der Waals surface area contributed by atoms with Gasteiger partial charge in [0.2, 0.25) is 0 Å². The molecule has 0 unspecified atom stereocenters. The molecule has 0 spiro atoms. The molecule has 3 rings (SSSR count). The van der Waals surface area contributed by atoms with Gasteiger partial charge in [0.05, 0.1) is 22.2 Å². The quantitative estimate of drug-likeness (QED) is 0.279. The summed E-state index contributed by atoms with van der Waals surface area (Å²) >= 11 is 18.2. The second kappa shape index (κ2) is 11.1. The van der Waals surface area contributed by atoms with Crippen molar-refractivity contribution in [1.82, 2.24) is 0 Å². The summed E-state index contributed by atoms with van der Waals surface area (Å²) in [6.45, 7) is 0.0680. The number of nitrogens with zero attached hydrogens (tertiary/aromatic N) is 1. The van der Waals surface area contributed by atoms with Crippen LogP contribution in [0, 0.1) is 17.1 Å². The number of nitrogens with one attached hydrogen (secondary N) is 1. The minimum atomic E-state index is -0.641. The summed E-state index contributed by atoms with van der Waals surface area (Å²) in [4.78, 5) is 12.5. The van der Waals surface area contributed by atoms with Crippen LogP contribution in [0.15, 0.2) is 60.2 Å². The van der Waals surface area contributed by atoms with Crippen molar-refractivity contribution in [3.05, 3.63) is 92.2 Å². The molecule has 33 heavy (non-hydrogen) atoms. The number of carbonyl (C=O) groups is 1. The molecule has 0 fully saturated rings. The first kappa shape index (κ1) is 24.4. The van der Waals surface area contributed by atoms with Crippen LogP contribution in [0.2, 0.25) is 15.1 Å². The fourth-order valence-corrected chi connectivity index (χ4v) is 3.40. The Kier molecular flexibility index (Phi) is 8.18. The number of carbonyl (C=O) groups excluding carboxylic acids is 1. The summed E-state index contributed by atoms with van der Waals surface area (Å²) in [6.07, 6.45) is 1.36. The van der Waals surface area contributed by atoms with Crippen LogP contribution in [0.5, 0.6) is 11.5 Å². The van der Waals surface area contributed by atoms with Gasteiger partial charge in [0, 0.05) is 5.69 Å². The number of ether oxygens (including phenoxy) is 2. The maximum absolute atomic E-state index is 13.4. The zero-order valence-corrected chi connectivity index (χ0v) is 19.4. The molecule has 168 valence electrons. The molecule has 1 N–H and O–H groups in total. The molecular weight excluding hydrogens is 490 g/mol. The fourth-order valence-electron chi connectivity index (χ4n) is 2.83. The number of halogens is 4. The zero-order chi connectivity index (χ0) is 24.0. The number of hydrogen-bond acceptors (Lipinski definition) is 4. The zero-order valence-electron chi connectivity index (χ0n) is 17.2. The lowest BCUT2D eigenvalue weighted by molar-refractivity contribution is -0.112. The molecule has 0 radical (unpaired) electrons. The van der Waals surface area contributed by atoms with Crippen molar-refractivity contribution in [2.75, 3.05) is 12.4 Å². The van der Waals surface area contributed by atoms with Crippen LogP contribution in [0.1, 0.15) is 11.1 Å². The molecule has 0 heterocycles. The van der Waals surface area contributed by atoms with Gasteiger partial charge in [-0.05, 0) is 59.7 Å². The predicted molar refractivity (Wildman–Crippen MR) is 127 cm³/mol. The van der Waals surface area contributed by atoms with Crippen LogP contribution in [0.4, 0.5) is 10.1 Å². The molecule has 0 aliphatic carbocycles. The van der Waals surface area contributed by atoms with Gasteiger partial charge in [-0.25, -0.2) is 4.39 Å². The minimum absolute atomic E-state index is 0.0680. The third-order valence-electron chi connectivity index (χ3n) is 4.38. The maximum Gasteiger partial charge on any atom is 0.266 e. The van der Waals surface area contributed by atoms with E-state index in [9.17, 15) is 14.4 Å². The summed E-state index contributed by atoms with van der Waals surface area (Å²) < 4.78 is 24.5. The van der Waals surface area contributed by atoms with Crippen molar-refractivity contribution < 1.29 is 18.7 Å². The number of methoxy groups -OCH3 is 1. The third kappa shape index (κ3) is 6.39. The monoisotopic (exact) mass is 504 g/mol. The van der Waals surface area contributed by atoms with Crippen LogP contribution in [-0.2, 0) is 11.4 Å².